The fourth-order valence-corrected chi connectivity index (χ4v) is 1.95. The van der Waals surface area contributed by atoms with Crippen molar-refractivity contribution in [3.8, 4) is 0 Å². The molecule has 0 fully saturated rings. The first-order valence-corrected chi connectivity index (χ1v) is 6.30. The second-order valence-electron chi connectivity index (χ2n) is 4.00. The molecule has 5 heteroatoms. The SMILES string of the molecule is Cc1c(F)cccc1NC(=O)c1ccc(F)c(Br)c1. The van der Waals surface area contributed by atoms with Gasteiger partial charge >= 0.3 is 0 Å². The lowest BCUT2D eigenvalue weighted by molar-refractivity contribution is 0.102. The Balaban J connectivity index is 2.26. The third-order valence-corrected chi connectivity index (χ3v) is 3.31. The highest BCUT2D eigenvalue weighted by molar-refractivity contribution is 9.10. The van der Waals surface area contributed by atoms with Crippen LogP contribution in [0.25, 0.3) is 0 Å². The van der Waals surface area contributed by atoms with Gasteiger partial charge in [-0.1, -0.05) is 6.07 Å². The van der Waals surface area contributed by atoms with Crippen molar-refractivity contribution in [2.75, 3.05) is 5.32 Å². The fourth-order valence-electron chi connectivity index (χ4n) is 1.57. The molecule has 0 saturated carbocycles. The van der Waals surface area contributed by atoms with Gasteiger partial charge < -0.3 is 5.32 Å². The number of halogens is 3. The average Bonchev–Trinajstić information content (AvgIpc) is 2.38. The van der Waals surface area contributed by atoms with E-state index in [0.29, 0.717) is 11.3 Å². The third-order valence-electron chi connectivity index (χ3n) is 2.70. The number of hydrogen-bond donors (Lipinski definition) is 1. The van der Waals surface area contributed by atoms with Gasteiger partial charge in [0.15, 0.2) is 0 Å². The molecule has 2 nitrogen and oxygen atoms in total. The molecule has 0 aliphatic heterocycles. The molecule has 0 aliphatic rings. The Morgan fingerprint density at radius 3 is 2.58 bits per heavy atom. The van der Waals surface area contributed by atoms with Crippen molar-refractivity contribution in [2.24, 2.45) is 0 Å². The highest BCUT2D eigenvalue weighted by atomic mass is 79.9. The molecule has 19 heavy (non-hydrogen) atoms. The van der Waals surface area contributed by atoms with Gasteiger partial charge in [-0.05, 0) is 53.2 Å². The Hall–Kier alpha value is -1.75. The summed E-state index contributed by atoms with van der Waals surface area (Å²) in [5.74, 6) is -1.26. The van der Waals surface area contributed by atoms with Crippen molar-refractivity contribution in [1.82, 2.24) is 0 Å². The molecule has 0 aliphatic carbocycles. The second-order valence-corrected chi connectivity index (χ2v) is 4.85. The van der Waals surface area contributed by atoms with Gasteiger partial charge in [-0.25, -0.2) is 8.78 Å². The Morgan fingerprint density at radius 2 is 1.89 bits per heavy atom. The summed E-state index contributed by atoms with van der Waals surface area (Å²) < 4.78 is 26.6. The Morgan fingerprint density at radius 1 is 1.16 bits per heavy atom. The zero-order chi connectivity index (χ0) is 14.0. The molecule has 0 unspecified atom stereocenters. The van der Waals surface area contributed by atoms with Crippen LogP contribution in [0.5, 0.6) is 0 Å². The van der Waals surface area contributed by atoms with Crippen LogP contribution in [0.1, 0.15) is 15.9 Å². The van der Waals surface area contributed by atoms with E-state index in [4.69, 9.17) is 0 Å². The van der Waals surface area contributed by atoms with E-state index in [9.17, 15) is 13.6 Å². The van der Waals surface area contributed by atoms with E-state index in [1.807, 2.05) is 0 Å². The fraction of sp³-hybridized carbons (Fsp3) is 0.0714. The molecule has 98 valence electrons. The minimum atomic E-state index is -0.446. The van der Waals surface area contributed by atoms with Crippen molar-refractivity contribution in [3.63, 3.8) is 0 Å². The molecular formula is C14H10BrF2NO. The predicted molar refractivity (Wildman–Crippen MR) is 73.2 cm³/mol. The maximum atomic E-state index is 13.3. The van der Waals surface area contributed by atoms with Gasteiger partial charge in [0.25, 0.3) is 5.91 Å². The number of rotatable bonds is 2. The van der Waals surface area contributed by atoms with Crippen LogP contribution in [0.2, 0.25) is 0 Å². The Kier molecular flexibility index (Phi) is 3.95. The molecule has 2 aromatic carbocycles. The standard InChI is InChI=1S/C14H10BrF2NO/c1-8-11(16)3-2-4-13(8)18-14(19)9-5-6-12(17)10(15)7-9/h2-7H,1H3,(H,18,19). The molecule has 1 N–H and O–H groups in total. The summed E-state index contributed by atoms with van der Waals surface area (Å²) >= 11 is 3.01. The van der Waals surface area contributed by atoms with E-state index in [2.05, 4.69) is 21.2 Å². The van der Waals surface area contributed by atoms with Crippen molar-refractivity contribution >= 4 is 27.5 Å². The van der Waals surface area contributed by atoms with Gasteiger partial charge in [-0.2, -0.15) is 0 Å². The molecule has 0 bridgehead atoms. The van der Waals surface area contributed by atoms with Crippen LogP contribution < -0.4 is 5.32 Å². The van der Waals surface area contributed by atoms with Gasteiger partial charge in [-0.3, -0.25) is 4.79 Å². The van der Waals surface area contributed by atoms with Crippen molar-refractivity contribution in [2.45, 2.75) is 6.92 Å². The molecule has 0 spiro atoms. The Labute approximate surface area is 117 Å². The summed E-state index contributed by atoms with van der Waals surface area (Å²) in [7, 11) is 0. The maximum absolute atomic E-state index is 13.3. The lowest BCUT2D eigenvalue weighted by Gasteiger charge is -2.09. The first kappa shape index (κ1) is 13.7. The van der Waals surface area contributed by atoms with Crippen molar-refractivity contribution < 1.29 is 13.6 Å². The van der Waals surface area contributed by atoms with E-state index in [-0.39, 0.29) is 10.0 Å². The normalized spacial score (nSPS) is 10.3. The highest BCUT2D eigenvalue weighted by Gasteiger charge is 2.11. The number of hydrogen-bond acceptors (Lipinski definition) is 1. The molecule has 0 saturated heterocycles. The summed E-state index contributed by atoms with van der Waals surface area (Å²) in [5.41, 5.74) is 1.04. The second kappa shape index (κ2) is 5.48. The predicted octanol–water partition coefficient (Wildman–Crippen LogP) is 4.29. The average molecular weight is 326 g/mol. The van der Waals surface area contributed by atoms with Crippen LogP contribution in [0.4, 0.5) is 14.5 Å². The third kappa shape index (κ3) is 2.98. The van der Waals surface area contributed by atoms with E-state index in [1.54, 1.807) is 13.0 Å². The Bertz CT molecular complexity index is 643. The van der Waals surface area contributed by atoms with Gasteiger partial charge in [-0.15, -0.1) is 0 Å². The van der Waals surface area contributed by atoms with Crippen molar-refractivity contribution in [3.05, 3.63) is 63.6 Å². The smallest absolute Gasteiger partial charge is 0.255 e. The maximum Gasteiger partial charge on any atom is 0.255 e. The topological polar surface area (TPSA) is 29.1 Å². The number of amides is 1. The largest absolute Gasteiger partial charge is 0.322 e. The van der Waals surface area contributed by atoms with Crippen molar-refractivity contribution in [1.29, 1.82) is 0 Å². The first-order valence-electron chi connectivity index (χ1n) is 5.50. The summed E-state index contributed by atoms with van der Waals surface area (Å²) in [6.07, 6.45) is 0. The van der Waals surface area contributed by atoms with E-state index >= 15 is 0 Å². The minimum Gasteiger partial charge on any atom is -0.322 e. The van der Waals surface area contributed by atoms with E-state index in [0.717, 1.165) is 0 Å². The number of anilines is 1. The lowest BCUT2D eigenvalue weighted by atomic mass is 10.1. The van der Waals surface area contributed by atoms with E-state index in [1.165, 1.54) is 30.3 Å². The quantitative estimate of drug-likeness (QED) is 0.876. The molecule has 0 atom stereocenters. The van der Waals surface area contributed by atoms with E-state index < -0.39 is 17.5 Å². The summed E-state index contributed by atoms with van der Waals surface area (Å²) in [5, 5.41) is 2.59. The van der Waals surface area contributed by atoms with Crippen LogP contribution in [-0.4, -0.2) is 5.91 Å². The summed E-state index contributed by atoms with van der Waals surface area (Å²) in [6, 6.07) is 8.37. The van der Waals surface area contributed by atoms with Gasteiger partial charge in [0, 0.05) is 16.8 Å². The number of carbonyl (C=O) groups excluding carboxylic acids is 1. The zero-order valence-electron chi connectivity index (χ0n) is 10.0. The van der Waals surface area contributed by atoms with Crippen LogP contribution in [0, 0.1) is 18.6 Å². The summed E-state index contributed by atoms with van der Waals surface area (Å²) in [4.78, 5) is 12.0. The van der Waals surface area contributed by atoms with Crippen LogP contribution in [-0.2, 0) is 0 Å². The highest BCUT2D eigenvalue weighted by Crippen LogP contribution is 2.20. The first-order chi connectivity index (χ1) is 8.99. The molecule has 1 amide bonds. The number of nitrogens with one attached hydrogen (secondary N) is 1. The molecule has 0 aromatic heterocycles. The lowest BCUT2D eigenvalue weighted by Crippen LogP contribution is -2.13. The number of carbonyl (C=O) groups is 1. The number of benzene rings is 2. The zero-order valence-corrected chi connectivity index (χ0v) is 11.6. The monoisotopic (exact) mass is 325 g/mol. The molecule has 0 heterocycles. The van der Waals surface area contributed by atoms with Crippen LogP contribution >= 0.6 is 15.9 Å². The minimum absolute atomic E-state index is 0.205. The molecule has 2 aromatic rings. The molecular weight excluding hydrogens is 316 g/mol. The van der Waals surface area contributed by atoms with Gasteiger partial charge in [0.1, 0.15) is 11.6 Å². The van der Waals surface area contributed by atoms with Crippen LogP contribution in [0.3, 0.4) is 0 Å². The molecule has 0 radical (unpaired) electrons. The molecule has 2 rings (SSSR count). The summed E-state index contributed by atoms with van der Waals surface area (Å²) in [6.45, 7) is 1.57. The van der Waals surface area contributed by atoms with Gasteiger partial charge in [0.2, 0.25) is 0 Å². The van der Waals surface area contributed by atoms with Crippen LogP contribution in [0.15, 0.2) is 40.9 Å². The van der Waals surface area contributed by atoms with Gasteiger partial charge in [0.05, 0.1) is 4.47 Å².